The van der Waals surface area contributed by atoms with Gasteiger partial charge in [0.1, 0.15) is 0 Å². The van der Waals surface area contributed by atoms with Gasteiger partial charge in [-0.15, -0.1) is 0 Å². The van der Waals surface area contributed by atoms with Gasteiger partial charge < -0.3 is 5.32 Å². The molecule has 9 heteroatoms. The van der Waals surface area contributed by atoms with E-state index in [2.05, 4.69) is 10.4 Å². The summed E-state index contributed by atoms with van der Waals surface area (Å²) in [4.78, 5) is 12.0. The molecule has 2 aromatic rings. The second-order valence-corrected chi connectivity index (χ2v) is 8.71. The molecule has 0 saturated heterocycles. The van der Waals surface area contributed by atoms with Gasteiger partial charge in [-0.3, -0.25) is 9.48 Å². The molecule has 0 unspecified atom stereocenters. The first-order valence-electron chi connectivity index (χ1n) is 7.82. The molecule has 1 atom stereocenters. The molecule has 1 amide bonds. The molecule has 3 rings (SSSR count). The van der Waals surface area contributed by atoms with Gasteiger partial charge >= 0.3 is 0 Å². The molecule has 0 fully saturated rings. The number of carbonyl (C=O) groups excluding carboxylic acids is 1. The van der Waals surface area contributed by atoms with Crippen molar-refractivity contribution in [1.29, 1.82) is 0 Å². The number of hydrogen-bond acceptors (Lipinski definition) is 5. The average Bonchev–Trinajstić information content (AvgIpc) is 3.25. The molecule has 1 N–H and O–H groups in total. The van der Waals surface area contributed by atoms with Crippen LogP contribution in [0.5, 0.6) is 0 Å². The zero-order chi connectivity index (χ0) is 17.2. The third-order valence-electron chi connectivity index (χ3n) is 4.16. The quantitative estimate of drug-likeness (QED) is 0.837. The Morgan fingerprint density at radius 3 is 3.00 bits per heavy atom. The predicted molar refractivity (Wildman–Crippen MR) is 92.4 cm³/mol. The third kappa shape index (κ3) is 3.52. The predicted octanol–water partition coefficient (Wildman–Crippen LogP) is 1.47. The summed E-state index contributed by atoms with van der Waals surface area (Å²) < 4.78 is 27.8. The normalized spacial score (nSPS) is 18.3. The summed E-state index contributed by atoms with van der Waals surface area (Å²) >= 11 is 1.48. The van der Waals surface area contributed by atoms with Crippen LogP contribution in [0.2, 0.25) is 0 Å². The van der Waals surface area contributed by atoms with Gasteiger partial charge in [0, 0.05) is 30.2 Å². The molecule has 0 saturated carbocycles. The van der Waals surface area contributed by atoms with Crippen LogP contribution in [0.3, 0.4) is 0 Å². The number of nitrogens with zero attached hydrogens (tertiary/aromatic N) is 3. The van der Waals surface area contributed by atoms with Crippen molar-refractivity contribution < 1.29 is 13.2 Å². The zero-order valence-corrected chi connectivity index (χ0v) is 15.0. The second kappa shape index (κ2) is 7.04. The Bertz CT molecular complexity index is 799. The van der Waals surface area contributed by atoms with E-state index in [1.165, 1.54) is 15.6 Å². The molecule has 0 aliphatic carbocycles. The molecule has 24 heavy (non-hydrogen) atoms. The van der Waals surface area contributed by atoms with Gasteiger partial charge in [-0.1, -0.05) is 0 Å². The van der Waals surface area contributed by atoms with Crippen molar-refractivity contribution >= 4 is 27.3 Å². The molecule has 0 radical (unpaired) electrons. The van der Waals surface area contributed by atoms with Crippen molar-refractivity contribution in [3.05, 3.63) is 40.3 Å². The summed E-state index contributed by atoms with van der Waals surface area (Å²) in [7, 11) is -3.25. The topological polar surface area (TPSA) is 84.3 Å². The van der Waals surface area contributed by atoms with E-state index in [0.717, 1.165) is 5.69 Å². The first-order valence-corrected chi connectivity index (χ1v) is 10.4. The minimum absolute atomic E-state index is 0.0761. The van der Waals surface area contributed by atoms with Crippen LogP contribution >= 0.6 is 11.3 Å². The highest BCUT2D eigenvalue weighted by molar-refractivity contribution is 7.89. The monoisotopic (exact) mass is 368 g/mol. The lowest BCUT2D eigenvalue weighted by atomic mass is 10.1. The third-order valence-corrected chi connectivity index (χ3v) is 6.63. The largest absolute Gasteiger partial charge is 0.352 e. The van der Waals surface area contributed by atoms with E-state index >= 15 is 0 Å². The summed E-state index contributed by atoms with van der Waals surface area (Å²) in [6.45, 7) is 2.86. The number of rotatable bonds is 6. The highest BCUT2D eigenvalue weighted by Gasteiger charge is 2.31. The lowest BCUT2D eigenvalue weighted by molar-refractivity contribution is 0.0950. The first kappa shape index (κ1) is 17.1. The number of hydrogen-bond donors (Lipinski definition) is 1. The maximum atomic E-state index is 12.2. The van der Waals surface area contributed by atoms with E-state index in [9.17, 15) is 13.2 Å². The van der Waals surface area contributed by atoms with E-state index in [0.29, 0.717) is 31.6 Å². The number of fused-ring (bicyclic) bond motifs is 1. The average molecular weight is 368 g/mol. The summed E-state index contributed by atoms with van der Waals surface area (Å²) in [5.41, 5.74) is 1.53. The highest BCUT2D eigenvalue weighted by Crippen LogP contribution is 2.24. The molecule has 0 spiro atoms. The van der Waals surface area contributed by atoms with E-state index in [1.807, 2.05) is 16.1 Å². The van der Waals surface area contributed by atoms with Gasteiger partial charge in [0.15, 0.2) is 0 Å². The fourth-order valence-electron chi connectivity index (χ4n) is 2.81. The van der Waals surface area contributed by atoms with Crippen LogP contribution in [0.4, 0.5) is 0 Å². The Morgan fingerprint density at radius 2 is 2.29 bits per heavy atom. The maximum absolute atomic E-state index is 12.2. The Kier molecular flexibility index (Phi) is 5.02. The molecule has 3 heterocycles. The van der Waals surface area contributed by atoms with Gasteiger partial charge in [0.2, 0.25) is 10.0 Å². The van der Waals surface area contributed by atoms with Crippen molar-refractivity contribution in [1.82, 2.24) is 19.4 Å². The molecular weight excluding hydrogens is 348 g/mol. The lowest BCUT2D eigenvalue weighted by Gasteiger charge is -2.33. The molecule has 0 bridgehead atoms. The van der Waals surface area contributed by atoms with Gasteiger partial charge in [-0.25, -0.2) is 8.42 Å². The summed E-state index contributed by atoms with van der Waals surface area (Å²) in [5.74, 6) is -0.0197. The minimum atomic E-state index is -3.25. The van der Waals surface area contributed by atoms with Crippen molar-refractivity contribution in [3.8, 4) is 0 Å². The Balaban J connectivity index is 1.65. The SMILES string of the molecule is CCS(=O)(=O)N1Cc2ccnn2[C@@H](CCNC(=O)c2ccsc2)C1. The first-order chi connectivity index (χ1) is 11.5. The molecule has 1 aliphatic rings. The van der Waals surface area contributed by atoms with Crippen LogP contribution in [0, 0.1) is 0 Å². The summed E-state index contributed by atoms with van der Waals surface area (Å²) in [6, 6.07) is 3.55. The Hall–Kier alpha value is -1.71. The fourth-order valence-corrected chi connectivity index (χ4v) is 4.54. The van der Waals surface area contributed by atoms with E-state index in [-0.39, 0.29) is 17.7 Å². The zero-order valence-electron chi connectivity index (χ0n) is 13.4. The minimum Gasteiger partial charge on any atom is -0.352 e. The van der Waals surface area contributed by atoms with Crippen molar-refractivity contribution in [2.45, 2.75) is 25.9 Å². The number of carbonyl (C=O) groups is 1. The molecule has 7 nitrogen and oxygen atoms in total. The van der Waals surface area contributed by atoms with Crippen LogP contribution in [0.25, 0.3) is 0 Å². The second-order valence-electron chi connectivity index (χ2n) is 5.67. The van der Waals surface area contributed by atoms with Gasteiger partial charge in [0.05, 0.1) is 24.0 Å². The Morgan fingerprint density at radius 1 is 1.46 bits per heavy atom. The molecular formula is C15H20N4O3S2. The molecule has 0 aromatic carbocycles. The van der Waals surface area contributed by atoms with Crippen molar-refractivity contribution in [2.75, 3.05) is 18.8 Å². The van der Waals surface area contributed by atoms with E-state index < -0.39 is 10.0 Å². The van der Waals surface area contributed by atoms with Gasteiger partial charge in [-0.2, -0.15) is 20.7 Å². The van der Waals surface area contributed by atoms with E-state index in [1.54, 1.807) is 24.6 Å². The van der Waals surface area contributed by atoms with Crippen LogP contribution in [-0.2, 0) is 16.6 Å². The van der Waals surface area contributed by atoms with Crippen LogP contribution < -0.4 is 5.32 Å². The summed E-state index contributed by atoms with van der Waals surface area (Å²) in [6.07, 6.45) is 2.31. The van der Waals surface area contributed by atoms with Crippen LogP contribution in [0.1, 0.15) is 35.4 Å². The van der Waals surface area contributed by atoms with Crippen molar-refractivity contribution in [2.24, 2.45) is 0 Å². The van der Waals surface area contributed by atoms with Crippen LogP contribution in [-0.4, -0.2) is 47.3 Å². The number of amides is 1. The number of nitrogens with one attached hydrogen (secondary N) is 1. The molecule has 130 valence electrons. The standard InChI is InChI=1S/C15H20N4O3S2/c1-2-24(21,22)18-9-13(19-14(10-18)4-7-17-19)3-6-16-15(20)12-5-8-23-11-12/h4-5,7-8,11,13H,2-3,6,9-10H2,1H3,(H,16,20)/t13-/m0/s1. The van der Waals surface area contributed by atoms with Crippen molar-refractivity contribution in [3.63, 3.8) is 0 Å². The number of aromatic nitrogens is 2. The lowest BCUT2D eigenvalue weighted by Crippen LogP contribution is -2.42. The molecule has 2 aromatic heterocycles. The number of thiophene rings is 1. The maximum Gasteiger partial charge on any atom is 0.252 e. The highest BCUT2D eigenvalue weighted by atomic mass is 32.2. The smallest absolute Gasteiger partial charge is 0.252 e. The Labute approximate surface area is 145 Å². The van der Waals surface area contributed by atoms with Crippen LogP contribution in [0.15, 0.2) is 29.1 Å². The fraction of sp³-hybridized carbons (Fsp3) is 0.467. The molecule has 1 aliphatic heterocycles. The van der Waals surface area contributed by atoms with Gasteiger partial charge in [0.25, 0.3) is 5.91 Å². The van der Waals surface area contributed by atoms with Gasteiger partial charge in [-0.05, 0) is 30.9 Å². The summed E-state index contributed by atoms with van der Waals surface area (Å²) in [5, 5.41) is 10.9. The number of sulfonamides is 1. The van der Waals surface area contributed by atoms with E-state index in [4.69, 9.17) is 0 Å².